The smallest absolute Gasteiger partial charge is 0.0731 e. The van der Waals surface area contributed by atoms with Crippen molar-refractivity contribution in [3.63, 3.8) is 0 Å². The number of rotatable bonds is 2. The van der Waals surface area contributed by atoms with Crippen molar-refractivity contribution >= 4 is 33.3 Å². The Morgan fingerprint density at radius 2 is 0.923 bits per heavy atom. The lowest BCUT2D eigenvalue weighted by Gasteiger charge is -2.31. The predicted octanol–water partition coefficient (Wildman–Crippen LogP) is 13.8. The molecule has 2 aliphatic carbocycles. The van der Waals surface area contributed by atoms with E-state index in [4.69, 9.17) is 0 Å². The van der Waals surface area contributed by atoms with Crippen LogP contribution >= 0.6 is 11.8 Å². The second kappa shape index (κ2) is 10.4. The maximum absolute atomic E-state index is 2.50. The van der Waals surface area contributed by atoms with Crippen molar-refractivity contribution in [1.82, 2.24) is 0 Å². The van der Waals surface area contributed by atoms with E-state index in [1.165, 1.54) is 109 Å². The van der Waals surface area contributed by atoms with Crippen LogP contribution in [0.5, 0.6) is 0 Å². The molecule has 1 aliphatic heterocycles. The molecule has 0 nitrogen and oxygen atoms in total. The number of fused-ring (bicyclic) bond motifs is 14. The van der Waals surface area contributed by atoms with Crippen LogP contribution in [0.1, 0.15) is 22.3 Å². The second-order valence-corrected chi connectivity index (χ2v) is 15.4. The highest BCUT2D eigenvalue weighted by Crippen LogP contribution is 2.64. The standard InChI is InChI=1S/C51H30S/c1-2-15-37-31(10-1)22-26-42-39-17-4-6-20-45(39)51(50(37)42)44-19-5-3-16-38(44)40-25-23-36(30-46(40)51)34-14-7-13-33(28-34)35-24-27-47-43(29-35)41-18-8-11-32-12-9-21-48(52-47)49(32)41/h1-30H. The van der Waals surface area contributed by atoms with E-state index >= 15 is 0 Å². The minimum absolute atomic E-state index is 0.403. The first-order chi connectivity index (χ1) is 25.8. The van der Waals surface area contributed by atoms with Crippen LogP contribution in [-0.2, 0) is 5.41 Å². The first-order valence-corrected chi connectivity index (χ1v) is 18.9. The van der Waals surface area contributed by atoms with Gasteiger partial charge in [-0.2, -0.15) is 0 Å². The third-order valence-electron chi connectivity index (χ3n) is 11.9. The fourth-order valence-corrected chi connectivity index (χ4v) is 10.8. The van der Waals surface area contributed by atoms with Gasteiger partial charge in [-0.05, 0) is 124 Å². The van der Waals surface area contributed by atoms with Crippen molar-refractivity contribution in [3.05, 3.63) is 204 Å². The van der Waals surface area contributed by atoms with Crippen molar-refractivity contribution in [2.24, 2.45) is 0 Å². The van der Waals surface area contributed by atoms with Gasteiger partial charge in [0.25, 0.3) is 0 Å². The summed E-state index contributed by atoms with van der Waals surface area (Å²) >= 11 is 1.89. The Morgan fingerprint density at radius 3 is 1.77 bits per heavy atom. The molecule has 0 saturated carbocycles. The van der Waals surface area contributed by atoms with Crippen molar-refractivity contribution in [2.75, 3.05) is 0 Å². The topological polar surface area (TPSA) is 0 Å². The zero-order valence-corrected chi connectivity index (χ0v) is 29.0. The molecule has 0 radical (unpaired) electrons. The van der Waals surface area contributed by atoms with Gasteiger partial charge in [0.05, 0.1) is 5.41 Å². The molecule has 1 spiro atoms. The van der Waals surface area contributed by atoms with Crippen LogP contribution in [0.15, 0.2) is 192 Å². The molecule has 0 N–H and O–H groups in total. The molecular formula is C51H30S. The van der Waals surface area contributed by atoms with Gasteiger partial charge in [-0.1, -0.05) is 163 Å². The molecule has 0 bridgehead atoms. The molecule has 52 heavy (non-hydrogen) atoms. The van der Waals surface area contributed by atoms with Crippen LogP contribution in [-0.4, -0.2) is 0 Å². The van der Waals surface area contributed by atoms with E-state index in [0.717, 1.165) is 0 Å². The van der Waals surface area contributed by atoms with Gasteiger partial charge in [-0.3, -0.25) is 0 Å². The maximum atomic E-state index is 2.50. The number of hydrogen-bond acceptors (Lipinski definition) is 1. The van der Waals surface area contributed by atoms with E-state index in [1.54, 1.807) is 0 Å². The highest BCUT2D eigenvalue weighted by molar-refractivity contribution is 7.99. The van der Waals surface area contributed by atoms with Crippen LogP contribution in [0.2, 0.25) is 0 Å². The summed E-state index contributed by atoms with van der Waals surface area (Å²) in [6.45, 7) is 0. The van der Waals surface area contributed by atoms with Gasteiger partial charge < -0.3 is 0 Å². The van der Waals surface area contributed by atoms with Crippen molar-refractivity contribution < 1.29 is 0 Å². The normalized spacial score (nSPS) is 15.7. The van der Waals surface area contributed by atoms with Gasteiger partial charge in [0, 0.05) is 15.2 Å². The van der Waals surface area contributed by atoms with E-state index in [1.807, 2.05) is 11.8 Å². The summed E-state index contributed by atoms with van der Waals surface area (Å²) in [6, 6.07) is 68.5. The van der Waals surface area contributed by atoms with Crippen LogP contribution < -0.4 is 0 Å². The van der Waals surface area contributed by atoms with Gasteiger partial charge in [-0.15, -0.1) is 0 Å². The van der Waals surface area contributed by atoms with Gasteiger partial charge in [0.15, 0.2) is 0 Å². The highest BCUT2D eigenvalue weighted by Gasteiger charge is 2.52. The molecule has 9 aromatic carbocycles. The minimum atomic E-state index is -0.403. The Bertz CT molecular complexity index is 2980. The molecule has 1 unspecified atom stereocenters. The van der Waals surface area contributed by atoms with Gasteiger partial charge in [0.2, 0.25) is 0 Å². The number of hydrogen-bond donors (Lipinski definition) is 0. The van der Waals surface area contributed by atoms with Crippen molar-refractivity contribution in [1.29, 1.82) is 0 Å². The predicted molar refractivity (Wildman–Crippen MR) is 218 cm³/mol. The average molecular weight is 675 g/mol. The lowest BCUT2D eigenvalue weighted by Crippen LogP contribution is -2.26. The number of benzene rings is 9. The molecule has 0 aromatic heterocycles. The summed E-state index contributed by atoms with van der Waals surface area (Å²) in [7, 11) is 0. The highest BCUT2D eigenvalue weighted by atomic mass is 32.2. The zero-order chi connectivity index (χ0) is 34.0. The van der Waals surface area contributed by atoms with E-state index in [0.29, 0.717) is 0 Å². The molecule has 0 saturated heterocycles. The molecule has 1 heterocycles. The fourth-order valence-electron chi connectivity index (χ4n) is 9.72. The van der Waals surface area contributed by atoms with E-state index in [-0.39, 0.29) is 0 Å². The average Bonchev–Trinajstić information content (AvgIpc) is 3.68. The molecule has 1 atom stereocenters. The second-order valence-electron chi connectivity index (χ2n) is 14.4. The molecule has 0 fully saturated rings. The van der Waals surface area contributed by atoms with Crippen LogP contribution in [0.3, 0.4) is 0 Å². The lowest BCUT2D eigenvalue weighted by atomic mass is 9.69. The van der Waals surface area contributed by atoms with E-state index < -0.39 is 5.41 Å². The SMILES string of the molecule is c1cc(-c2ccc3c(c2)-c2cccc4cccc(c24)S3)cc(-c2ccc3c(c2)C2(c4ccccc4-3)c3ccccc3-c3ccc4ccccc4c32)c1. The molecule has 0 amide bonds. The van der Waals surface area contributed by atoms with Crippen LogP contribution in [0.25, 0.3) is 77.2 Å². The Kier molecular flexibility index (Phi) is 5.73. The summed E-state index contributed by atoms with van der Waals surface area (Å²) in [5.74, 6) is 0. The summed E-state index contributed by atoms with van der Waals surface area (Å²) in [4.78, 5) is 2.66. The third kappa shape index (κ3) is 3.68. The molecule has 12 rings (SSSR count). The monoisotopic (exact) mass is 674 g/mol. The summed E-state index contributed by atoms with van der Waals surface area (Å²) in [5, 5.41) is 5.28. The fraction of sp³-hybridized carbons (Fsp3) is 0.0196. The summed E-state index contributed by atoms with van der Waals surface area (Å²) < 4.78 is 0. The molecular weight excluding hydrogens is 645 g/mol. The van der Waals surface area contributed by atoms with E-state index in [9.17, 15) is 0 Å². The Balaban J connectivity index is 1.05. The van der Waals surface area contributed by atoms with Crippen molar-refractivity contribution in [3.8, 4) is 55.6 Å². The maximum Gasteiger partial charge on any atom is 0.0731 e. The van der Waals surface area contributed by atoms with Gasteiger partial charge >= 0.3 is 0 Å². The first-order valence-electron chi connectivity index (χ1n) is 18.1. The lowest BCUT2D eigenvalue weighted by molar-refractivity contribution is 0.801. The van der Waals surface area contributed by atoms with Crippen LogP contribution in [0, 0.1) is 0 Å². The van der Waals surface area contributed by atoms with Crippen molar-refractivity contribution in [2.45, 2.75) is 15.2 Å². The molecule has 3 aliphatic rings. The Morgan fingerprint density at radius 1 is 0.327 bits per heavy atom. The summed E-state index contributed by atoms with van der Waals surface area (Å²) in [5.41, 5.74) is 18.1. The largest absolute Gasteiger partial charge is 0.0888 e. The molecule has 9 aromatic rings. The van der Waals surface area contributed by atoms with Gasteiger partial charge in [-0.25, -0.2) is 0 Å². The minimum Gasteiger partial charge on any atom is -0.0888 e. The Hall–Kier alpha value is -6.15. The van der Waals surface area contributed by atoms with E-state index in [2.05, 4.69) is 182 Å². The van der Waals surface area contributed by atoms with Gasteiger partial charge in [0.1, 0.15) is 0 Å². The molecule has 1 heteroatoms. The quantitative estimate of drug-likeness (QED) is 0.176. The molecule has 240 valence electrons. The summed E-state index contributed by atoms with van der Waals surface area (Å²) in [6.07, 6.45) is 0. The Labute approximate surface area is 307 Å². The zero-order valence-electron chi connectivity index (χ0n) is 28.2. The first kappa shape index (κ1) is 28.5. The van der Waals surface area contributed by atoms with Crippen LogP contribution in [0.4, 0.5) is 0 Å². The third-order valence-corrected chi connectivity index (χ3v) is 13.0.